The van der Waals surface area contributed by atoms with Gasteiger partial charge in [0.05, 0.1) is 11.4 Å². The van der Waals surface area contributed by atoms with E-state index in [1.54, 1.807) is 0 Å². The summed E-state index contributed by atoms with van der Waals surface area (Å²) in [5.74, 6) is 0. The van der Waals surface area contributed by atoms with E-state index in [-0.39, 0.29) is 0 Å². The molecule has 0 amide bonds. The third-order valence-corrected chi connectivity index (χ3v) is 2.10. The first kappa shape index (κ1) is 10.6. The van der Waals surface area contributed by atoms with Gasteiger partial charge >= 0.3 is 0 Å². The van der Waals surface area contributed by atoms with Crippen LogP contribution in [0.5, 0.6) is 0 Å². The minimum atomic E-state index is 0.951. The van der Waals surface area contributed by atoms with Gasteiger partial charge in [0, 0.05) is 10.4 Å². The van der Waals surface area contributed by atoms with Gasteiger partial charge in [-0.3, -0.25) is 0 Å². The van der Waals surface area contributed by atoms with Gasteiger partial charge in [-0.25, -0.2) is 0 Å². The lowest BCUT2D eigenvalue weighted by molar-refractivity contribution is 0.913. The molecular formula is C12H16N2. The van der Waals surface area contributed by atoms with Crippen molar-refractivity contribution in [3.63, 3.8) is 0 Å². The Bertz CT molecular complexity index is 470. The second-order valence-corrected chi connectivity index (χ2v) is 3.48. The largest absolute Gasteiger partial charge is 0.155 e. The van der Waals surface area contributed by atoms with Crippen LogP contribution in [0.1, 0.15) is 25.2 Å². The van der Waals surface area contributed by atoms with Crippen LogP contribution in [-0.2, 0) is 0 Å². The molecule has 0 atom stereocenters. The van der Waals surface area contributed by atoms with Crippen molar-refractivity contribution in [2.45, 2.75) is 27.7 Å². The molecule has 0 saturated carbocycles. The number of aromatic nitrogens is 2. The average molecular weight is 188 g/mol. The van der Waals surface area contributed by atoms with Gasteiger partial charge in [0.25, 0.3) is 0 Å². The lowest BCUT2D eigenvalue weighted by atomic mass is 10.1. The summed E-state index contributed by atoms with van der Waals surface area (Å²) in [6.07, 6.45) is 4.11. The summed E-state index contributed by atoms with van der Waals surface area (Å²) in [7, 11) is 0. The fourth-order valence-corrected chi connectivity index (χ4v) is 1.44. The Kier molecular flexibility index (Phi) is 3.18. The second-order valence-electron chi connectivity index (χ2n) is 3.48. The standard InChI is InChI=1S/C12H16N2/c1-6-11-9(4)13-14-10(5)12(11)7-8(2)3/h6-7H,2H2,1,3-5H3/b11-6-,12-7-. The van der Waals surface area contributed by atoms with E-state index < -0.39 is 0 Å². The van der Waals surface area contributed by atoms with Crippen molar-refractivity contribution in [2.75, 3.05) is 0 Å². The van der Waals surface area contributed by atoms with Crippen molar-refractivity contribution < 1.29 is 0 Å². The SMILES string of the molecule is C=C(C)/C=c1/c(C)nnc(C)/c1=C/C. The molecule has 0 aromatic carbocycles. The number of allylic oxidation sites excluding steroid dienone is 1. The molecule has 74 valence electrons. The maximum atomic E-state index is 4.10. The van der Waals surface area contributed by atoms with Gasteiger partial charge in [-0.1, -0.05) is 24.3 Å². The third kappa shape index (κ3) is 2.08. The number of aryl methyl sites for hydroxylation is 2. The first-order valence-electron chi connectivity index (χ1n) is 4.69. The van der Waals surface area contributed by atoms with Crippen molar-refractivity contribution in [3.05, 3.63) is 34.0 Å². The Balaban J connectivity index is 3.72. The van der Waals surface area contributed by atoms with Crippen molar-refractivity contribution >= 4 is 12.2 Å². The molecule has 1 aromatic rings. The minimum Gasteiger partial charge on any atom is -0.155 e. The van der Waals surface area contributed by atoms with Crippen LogP contribution in [0.2, 0.25) is 0 Å². The molecule has 2 nitrogen and oxygen atoms in total. The van der Waals surface area contributed by atoms with Crippen LogP contribution in [0.4, 0.5) is 0 Å². The predicted molar refractivity (Wildman–Crippen MR) is 60.2 cm³/mol. The average Bonchev–Trinajstić information content (AvgIpc) is 2.11. The monoisotopic (exact) mass is 188 g/mol. The quantitative estimate of drug-likeness (QED) is 0.663. The lowest BCUT2D eigenvalue weighted by Gasteiger charge is -1.98. The van der Waals surface area contributed by atoms with Crippen LogP contribution in [0.15, 0.2) is 12.2 Å². The molecule has 1 rings (SSSR count). The lowest BCUT2D eigenvalue weighted by Crippen LogP contribution is -2.32. The Morgan fingerprint density at radius 1 is 1.14 bits per heavy atom. The molecule has 0 N–H and O–H groups in total. The van der Waals surface area contributed by atoms with Crippen LogP contribution in [-0.4, -0.2) is 10.2 Å². The maximum Gasteiger partial charge on any atom is 0.0678 e. The van der Waals surface area contributed by atoms with Crippen molar-refractivity contribution in [1.29, 1.82) is 0 Å². The van der Waals surface area contributed by atoms with Crippen LogP contribution in [0.25, 0.3) is 12.2 Å². The molecule has 2 heteroatoms. The second kappa shape index (κ2) is 4.18. The zero-order chi connectivity index (χ0) is 10.7. The third-order valence-electron chi connectivity index (χ3n) is 2.10. The van der Waals surface area contributed by atoms with E-state index in [0.29, 0.717) is 0 Å². The van der Waals surface area contributed by atoms with Crippen LogP contribution in [0.3, 0.4) is 0 Å². The van der Waals surface area contributed by atoms with Gasteiger partial charge < -0.3 is 0 Å². The summed E-state index contributed by atoms with van der Waals surface area (Å²) in [5, 5.41) is 10.5. The first-order valence-corrected chi connectivity index (χ1v) is 4.69. The van der Waals surface area contributed by atoms with Crippen molar-refractivity contribution in [2.24, 2.45) is 0 Å². The van der Waals surface area contributed by atoms with Crippen molar-refractivity contribution in [1.82, 2.24) is 10.2 Å². The molecular weight excluding hydrogens is 172 g/mol. The van der Waals surface area contributed by atoms with E-state index in [4.69, 9.17) is 0 Å². The number of rotatable bonds is 1. The highest BCUT2D eigenvalue weighted by molar-refractivity contribution is 5.46. The number of hydrogen-bond donors (Lipinski definition) is 0. The summed E-state index contributed by atoms with van der Waals surface area (Å²) >= 11 is 0. The van der Waals surface area contributed by atoms with Gasteiger partial charge in [0.2, 0.25) is 0 Å². The molecule has 0 saturated heterocycles. The van der Waals surface area contributed by atoms with Crippen LogP contribution >= 0.6 is 0 Å². The van der Waals surface area contributed by atoms with Gasteiger partial charge in [-0.05, 0) is 27.7 Å². The van der Waals surface area contributed by atoms with Gasteiger partial charge in [0.1, 0.15) is 0 Å². The smallest absolute Gasteiger partial charge is 0.0678 e. The van der Waals surface area contributed by atoms with Gasteiger partial charge in [-0.15, -0.1) is 0 Å². The van der Waals surface area contributed by atoms with Gasteiger partial charge in [-0.2, -0.15) is 10.2 Å². The van der Waals surface area contributed by atoms with Crippen molar-refractivity contribution in [3.8, 4) is 0 Å². The molecule has 0 aliphatic rings. The van der Waals surface area contributed by atoms with E-state index in [1.807, 2.05) is 33.8 Å². The Morgan fingerprint density at radius 2 is 1.64 bits per heavy atom. The van der Waals surface area contributed by atoms with Crippen LogP contribution in [0, 0.1) is 13.8 Å². The molecule has 0 bridgehead atoms. The zero-order valence-corrected chi connectivity index (χ0v) is 9.26. The van der Waals surface area contributed by atoms with E-state index in [1.165, 1.54) is 0 Å². The normalized spacial score (nSPS) is 13.4. The molecule has 0 fully saturated rings. The zero-order valence-electron chi connectivity index (χ0n) is 9.26. The molecule has 0 aliphatic heterocycles. The predicted octanol–water partition coefficient (Wildman–Crippen LogP) is 1.25. The Labute approximate surface area is 84.7 Å². The van der Waals surface area contributed by atoms with E-state index in [9.17, 15) is 0 Å². The minimum absolute atomic E-state index is 0.951. The molecule has 0 aliphatic carbocycles. The number of nitrogens with zero attached hydrogens (tertiary/aromatic N) is 2. The summed E-state index contributed by atoms with van der Waals surface area (Å²) in [4.78, 5) is 0. The molecule has 1 heterocycles. The molecule has 0 unspecified atom stereocenters. The fourth-order valence-electron chi connectivity index (χ4n) is 1.44. The molecule has 14 heavy (non-hydrogen) atoms. The van der Waals surface area contributed by atoms with E-state index in [0.717, 1.165) is 27.4 Å². The summed E-state index contributed by atoms with van der Waals surface area (Å²) < 4.78 is 0. The first-order chi connectivity index (χ1) is 6.56. The fraction of sp³-hybridized carbons (Fsp3) is 0.333. The Hall–Kier alpha value is -1.44. The topological polar surface area (TPSA) is 25.8 Å². The van der Waals surface area contributed by atoms with E-state index >= 15 is 0 Å². The maximum absolute atomic E-state index is 4.10. The molecule has 1 aromatic heterocycles. The Morgan fingerprint density at radius 3 is 2.07 bits per heavy atom. The highest BCUT2D eigenvalue weighted by atomic mass is 15.1. The van der Waals surface area contributed by atoms with Crippen LogP contribution < -0.4 is 10.4 Å². The van der Waals surface area contributed by atoms with Gasteiger partial charge in [0.15, 0.2) is 0 Å². The highest BCUT2D eigenvalue weighted by Gasteiger charge is 1.97. The molecule has 0 spiro atoms. The van der Waals surface area contributed by atoms with E-state index in [2.05, 4.69) is 22.9 Å². The summed E-state index contributed by atoms with van der Waals surface area (Å²) in [6, 6.07) is 0. The molecule has 0 radical (unpaired) electrons. The summed E-state index contributed by atoms with van der Waals surface area (Å²) in [6.45, 7) is 11.8. The highest BCUT2D eigenvalue weighted by Crippen LogP contribution is 1.88. The summed E-state index contributed by atoms with van der Waals surface area (Å²) in [5.41, 5.74) is 2.95. The number of hydrogen-bond acceptors (Lipinski definition) is 2.